The van der Waals surface area contributed by atoms with Crippen LogP contribution in [-0.4, -0.2) is 41.1 Å². The van der Waals surface area contributed by atoms with Gasteiger partial charge in [0.15, 0.2) is 0 Å². The topological polar surface area (TPSA) is 58.2 Å². The van der Waals surface area contributed by atoms with Crippen molar-refractivity contribution in [3.8, 4) is 5.88 Å². The Morgan fingerprint density at radius 1 is 1.71 bits per heavy atom. The zero-order valence-corrected chi connectivity index (χ0v) is 11.9. The van der Waals surface area contributed by atoms with Crippen LogP contribution in [0.3, 0.4) is 0 Å². The van der Waals surface area contributed by atoms with Crippen LogP contribution in [0.25, 0.3) is 0 Å². The van der Waals surface area contributed by atoms with E-state index in [1.54, 1.807) is 0 Å². The number of rotatable bonds is 4. The molecule has 2 heterocycles. The number of aromatic nitrogens is 2. The van der Waals surface area contributed by atoms with E-state index in [0.717, 1.165) is 6.42 Å². The fourth-order valence-electron chi connectivity index (χ4n) is 2.10. The zero-order valence-electron chi connectivity index (χ0n) is 9.78. The first kappa shape index (κ1) is 12.8. The highest BCUT2D eigenvalue weighted by Crippen LogP contribution is 2.18. The Bertz CT molecular complexity index is 435. The molecule has 0 radical (unpaired) electrons. The molecule has 1 fully saturated rings. The van der Waals surface area contributed by atoms with Gasteiger partial charge in [0.05, 0.1) is 12.9 Å². The predicted molar refractivity (Wildman–Crippen MR) is 73.3 cm³/mol. The van der Waals surface area contributed by atoms with E-state index in [2.05, 4.69) is 21.9 Å². The number of H-pyrrole nitrogens is 1. The van der Waals surface area contributed by atoms with Gasteiger partial charge in [-0.1, -0.05) is 0 Å². The SMILES string of the molecule is CN1CCCC1CCOc1nc[nH]c(=O)c1I. The van der Waals surface area contributed by atoms with Crippen LogP contribution >= 0.6 is 22.6 Å². The van der Waals surface area contributed by atoms with Crippen LogP contribution in [0, 0.1) is 3.57 Å². The lowest BCUT2D eigenvalue weighted by Gasteiger charge is -2.19. The van der Waals surface area contributed by atoms with Crippen molar-refractivity contribution in [3.63, 3.8) is 0 Å². The van der Waals surface area contributed by atoms with Gasteiger partial charge in [-0.05, 0) is 55.4 Å². The van der Waals surface area contributed by atoms with Gasteiger partial charge >= 0.3 is 0 Å². The predicted octanol–water partition coefficient (Wildman–Crippen LogP) is 1.24. The Balaban J connectivity index is 1.86. The van der Waals surface area contributed by atoms with Crippen LogP contribution in [0.15, 0.2) is 11.1 Å². The summed E-state index contributed by atoms with van der Waals surface area (Å²) in [6.45, 7) is 1.78. The number of likely N-dealkylation sites (tertiary alicyclic amines) is 1. The highest BCUT2D eigenvalue weighted by Gasteiger charge is 2.20. The molecule has 17 heavy (non-hydrogen) atoms. The summed E-state index contributed by atoms with van der Waals surface area (Å²) in [4.78, 5) is 20.2. The van der Waals surface area contributed by atoms with E-state index in [-0.39, 0.29) is 5.56 Å². The summed E-state index contributed by atoms with van der Waals surface area (Å²) in [5.41, 5.74) is -0.145. The van der Waals surface area contributed by atoms with Gasteiger partial charge in [-0.25, -0.2) is 4.98 Å². The summed E-state index contributed by atoms with van der Waals surface area (Å²) in [5, 5.41) is 0. The summed E-state index contributed by atoms with van der Waals surface area (Å²) < 4.78 is 6.08. The van der Waals surface area contributed by atoms with Crippen LogP contribution in [0.4, 0.5) is 0 Å². The molecule has 2 rings (SSSR count). The molecule has 0 aromatic carbocycles. The van der Waals surface area contributed by atoms with Gasteiger partial charge in [0.1, 0.15) is 3.57 Å². The van der Waals surface area contributed by atoms with Crippen LogP contribution in [0.1, 0.15) is 19.3 Å². The zero-order chi connectivity index (χ0) is 12.3. The molecule has 0 amide bonds. The molecule has 1 atom stereocenters. The highest BCUT2D eigenvalue weighted by atomic mass is 127. The average molecular weight is 349 g/mol. The minimum atomic E-state index is -0.145. The number of nitrogens with zero attached hydrogens (tertiary/aromatic N) is 2. The summed E-state index contributed by atoms with van der Waals surface area (Å²) in [6, 6.07) is 0.606. The summed E-state index contributed by atoms with van der Waals surface area (Å²) >= 11 is 1.96. The lowest BCUT2D eigenvalue weighted by molar-refractivity contribution is 0.227. The first-order valence-corrected chi connectivity index (χ1v) is 6.82. The standard InChI is InChI=1S/C11H16IN3O2/c1-15-5-2-3-8(15)4-6-17-11-9(12)10(16)13-7-14-11/h7-8H,2-6H2,1H3,(H,13,14,16). The Kier molecular flexibility index (Phi) is 4.38. The van der Waals surface area contributed by atoms with E-state index in [9.17, 15) is 4.79 Å². The smallest absolute Gasteiger partial charge is 0.268 e. The Labute approximate surface area is 114 Å². The molecule has 1 aliphatic rings. The average Bonchev–Trinajstić information content (AvgIpc) is 2.71. The molecule has 1 aliphatic heterocycles. The van der Waals surface area contributed by atoms with E-state index < -0.39 is 0 Å². The molecule has 1 aromatic rings. The van der Waals surface area contributed by atoms with Crippen molar-refractivity contribution in [2.24, 2.45) is 0 Å². The van der Waals surface area contributed by atoms with Gasteiger partial charge in [-0.2, -0.15) is 0 Å². The second kappa shape index (κ2) is 5.81. The summed E-state index contributed by atoms with van der Waals surface area (Å²) in [6.07, 6.45) is 4.87. The van der Waals surface area contributed by atoms with E-state index >= 15 is 0 Å². The monoisotopic (exact) mass is 349 g/mol. The van der Waals surface area contributed by atoms with Crippen molar-refractivity contribution >= 4 is 22.6 Å². The van der Waals surface area contributed by atoms with Crippen molar-refractivity contribution in [1.29, 1.82) is 0 Å². The Hall–Kier alpha value is -0.630. The molecule has 0 aliphatic carbocycles. The van der Waals surface area contributed by atoms with E-state index in [4.69, 9.17) is 4.74 Å². The van der Waals surface area contributed by atoms with Crippen LogP contribution in [0.5, 0.6) is 5.88 Å². The molecule has 0 bridgehead atoms. The number of nitrogens with one attached hydrogen (secondary N) is 1. The lowest BCUT2D eigenvalue weighted by Crippen LogP contribution is -2.26. The van der Waals surface area contributed by atoms with E-state index in [1.165, 1.54) is 25.7 Å². The van der Waals surface area contributed by atoms with Crippen molar-refractivity contribution in [1.82, 2.24) is 14.9 Å². The van der Waals surface area contributed by atoms with Crippen LogP contribution in [-0.2, 0) is 0 Å². The largest absolute Gasteiger partial charge is 0.477 e. The Morgan fingerprint density at radius 3 is 3.24 bits per heavy atom. The van der Waals surface area contributed by atoms with Crippen LogP contribution in [0.2, 0.25) is 0 Å². The van der Waals surface area contributed by atoms with Crippen molar-refractivity contribution in [2.45, 2.75) is 25.3 Å². The first-order chi connectivity index (χ1) is 8.18. The quantitative estimate of drug-likeness (QED) is 0.831. The fourth-order valence-corrected chi connectivity index (χ4v) is 2.55. The minimum Gasteiger partial charge on any atom is -0.477 e. The number of aromatic amines is 1. The molecule has 1 unspecified atom stereocenters. The maximum Gasteiger partial charge on any atom is 0.268 e. The lowest BCUT2D eigenvalue weighted by atomic mass is 10.1. The first-order valence-electron chi connectivity index (χ1n) is 5.74. The number of ether oxygens (including phenoxy) is 1. The van der Waals surface area contributed by atoms with Gasteiger partial charge in [-0.15, -0.1) is 0 Å². The maximum atomic E-state index is 11.3. The van der Waals surface area contributed by atoms with Gasteiger partial charge < -0.3 is 14.6 Å². The Morgan fingerprint density at radius 2 is 2.53 bits per heavy atom. The molecule has 1 aromatic heterocycles. The number of hydrogen-bond donors (Lipinski definition) is 1. The maximum absolute atomic E-state index is 11.3. The second-order valence-electron chi connectivity index (χ2n) is 4.26. The second-order valence-corrected chi connectivity index (χ2v) is 5.34. The van der Waals surface area contributed by atoms with Crippen molar-refractivity contribution in [3.05, 3.63) is 20.3 Å². The molecule has 94 valence electrons. The van der Waals surface area contributed by atoms with Crippen LogP contribution < -0.4 is 10.3 Å². The van der Waals surface area contributed by atoms with E-state index in [1.807, 2.05) is 22.6 Å². The molecule has 0 saturated carbocycles. The third-order valence-corrected chi connectivity index (χ3v) is 4.08. The molecular formula is C11H16IN3O2. The van der Waals surface area contributed by atoms with Gasteiger partial charge in [0.25, 0.3) is 5.56 Å². The summed E-state index contributed by atoms with van der Waals surface area (Å²) in [7, 11) is 2.15. The summed E-state index contributed by atoms with van der Waals surface area (Å²) in [5.74, 6) is 0.440. The van der Waals surface area contributed by atoms with Gasteiger partial charge in [-0.3, -0.25) is 4.79 Å². The molecule has 6 heteroatoms. The van der Waals surface area contributed by atoms with Gasteiger partial charge in [0.2, 0.25) is 5.88 Å². The fraction of sp³-hybridized carbons (Fsp3) is 0.636. The number of hydrogen-bond acceptors (Lipinski definition) is 4. The normalized spacial score (nSPS) is 20.7. The number of halogens is 1. The molecule has 1 saturated heterocycles. The molecule has 1 N–H and O–H groups in total. The molecule has 5 nitrogen and oxygen atoms in total. The van der Waals surface area contributed by atoms with Crippen molar-refractivity contribution in [2.75, 3.05) is 20.2 Å². The van der Waals surface area contributed by atoms with E-state index in [0.29, 0.717) is 22.1 Å². The van der Waals surface area contributed by atoms with Crippen molar-refractivity contribution < 1.29 is 4.74 Å². The molecular weight excluding hydrogens is 333 g/mol. The minimum absolute atomic E-state index is 0.145. The highest BCUT2D eigenvalue weighted by molar-refractivity contribution is 14.1. The molecule has 0 spiro atoms. The third kappa shape index (κ3) is 3.19. The third-order valence-electron chi connectivity index (χ3n) is 3.13. The van der Waals surface area contributed by atoms with Gasteiger partial charge in [0, 0.05) is 6.04 Å².